The molecule has 34 heavy (non-hydrogen) atoms. The Morgan fingerprint density at radius 1 is 1.09 bits per heavy atom. The summed E-state index contributed by atoms with van der Waals surface area (Å²) in [4.78, 5) is 22.6. The zero-order valence-electron chi connectivity index (χ0n) is 18.9. The van der Waals surface area contributed by atoms with Gasteiger partial charge in [0.15, 0.2) is 5.16 Å². The summed E-state index contributed by atoms with van der Waals surface area (Å²) in [6.45, 7) is 4.97. The van der Waals surface area contributed by atoms with Crippen LogP contribution >= 0.6 is 11.8 Å². The molecular weight excluding hydrogens is 442 g/mol. The summed E-state index contributed by atoms with van der Waals surface area (Å²) >= 11 is 1.56. The first-order valence-electron chi connectivity index (χ1n) is 11.9. The van der Waals surface area contributed by atoms with E-state index in [4.69, 9.17) is 15.7 Å². The number of nitrogens with zero attached hydrogens (tertiary/aromatic N) is 5. The summed E-state index contributed by atoms with van der Waals surface area (Å²) in [6, 6.07) is 12.8. The number of piperidine rings is 1. The lowest BCUT2D eigenvalue weighted by molar-refractivity contribution is 0.727. The van der Waals surface area contributed by atoms with Crippen LogP contribution in [0.4, 0.5) is 11.5 Å². The quantitative estimate of drug-likeness (QED) is 0.375. The van der Waals surface area contributed by atoms with Crippen LogP contribution in [0.1, 0.15) is 18.2 Å². The van der Waals surface area contributed by atoms with Crippen LogP contribution in [0.3, 0.4) is 0 Å². The Kier molecular flexibility index (Phi) is 4.54. The molecule has 3 aliphatic rings. The van der Waals surface area contributed by atoms with Crippen molar-refractivity contribution in [2.45, 2.75) is 29.4 Å². The largest absolute Gasteiger partial charge is 0.385 e. The van der Waals surface area contributed by atoms with Gasteiger partial charge in [-0.3, -0.25) is 9.97 Å². The predicted octanol–water partition coefficient (Wildman–Crippen LogP) is 3.97. The van der Waals surface area contributed by atoms with Gasteiger partial charge < -0.3 is 16.0 Å². The number of hydrogen-bond donors (Lipinski definition) is 2. The number of nitrogens with one attached hydrogen (secondary N) is 1. The van der Waals surface area contributed by atoms with Gasteiger partial charge in [-0.15, -0.1) is 0 Å². The number of benzene rings is 1. The second kappa shape index (κ2) is 7.65. The van der Waals surface area contributed by atoms with Gasteiger partial charge in [-0.05, 0) is 65.9 Å². The molecule has 8 heteroatoms. The molecule has 1 saturated carbocycles. The van der Waals surface area contributed by atoms with E-state index in [1.54, 1.807) is 18.0 Å². The Labute approximate surface area is 202 Å². The van der Waals surface area contributed by atoms with Crippen LogP contribution in [0.15, 0.2) is 58.8 Å². The molecular formula is C26H25N7S. The third-order valence-electron chi connectivity index (χ3n) is 7.30. The summed E-state index contributed by atoms with van der Waals surface area (Å²) in [5.74, 6) is 2.23. The van der Waals surface area contributed by atoms with E-state index < -0.39 is 0 Å². The Hall–Kier alpha value is -3.23. The van der Waals surface area contributed by atoms with E-state index >= 15 is 0 Å². The van der Waals surface area contributed by atoms with Gasteiger partial charge in [0.2, 0.25) is 0 Å². The third-order valence-corrected chi connectivity index (χ3v) is 8.12. The molecule has 2 atom stereocenters. The second-order valence-corrected chi connectivity index (χ2v) is 10.4. The Morgan fingerprint density at radius 3 is 2.82 bits per heavy atom. The van der Waals surface area contributed by atoms with Crippen LogP contribution in [-0.2, 0) is 6.42 Å². The minimum Gasteiger partial charge on any atom is -0.385 e. The van der Waals surface area contributed by atoms with Crippen molar-refractivity contribution >= 4 is 34.3 Å². The molecule has 0 bridgehead atoms. The molecule has 170 valence electrons. The topological polar surface area (TPSA) is 92.8 Å². The molecule has 2 unspecified atom stereocenters. The highest BCUT2D eigenvalue weighted by Gasteiger charge is 2.54. The van der Waals surface area contributed by atoms with Crippen molar-refractivity contribution in [1.82, 2.24) is 19.9 Å². The van der Waals surface area contributed by atoms with E-state index in [2.05, 4.69) is 51.4 Å². The molecule has 2 aliphatic carbocycles. The number of hydrogen-bond acceptors (Lipinski definition) is 8. The Balaban J connectivity index is 1.31. The van der Waals surface area contributed by atoms with Crippen LogP contribution in [0.25, 0.3) is 22.2 Å². The monoisotopic (exact) mass is 467 g/mol. The summed E-state index contributed by atoms with van der Waals surface area (Å²) in [5, 5.41) is 4.28. The van der Waals surface area contributed by atoms with Gasteiger partial charge >= 0.3 is 0 Å². The molecule has 1 saturated heterocycles. The zero-order chi connectivity index (χ0) is 22.8. The number of aromatic nitrogens is 4. The lowest BCUT2D eigenvalue weighted by Gasteiger charge is -2.23. The third kappa shape index (κ3) is 3.16. The van der Waals surface area contributed by atoms with Crippen LogP contribution in [0.2, 0.25) is 0 Å². The van der Waals surface area contributed by atoms with Crippen LogP contribution < -0.4 is 16.0 Å². The van der Waals surface area contributed by atoms with E-state index in [1.165, 1.54) is 22.4 Å². The number of fused-ring (bicyclic) bond motifs is 5. The van der Waals surface area contributed by atoms with Crippen molar-refractivity contribution in [3.63, 3.8) is 0 Å². The number of nitrogens with two attached hydrogens (primary N) is 1. The van der Waals surface area contributed by atoms with Gasteiger partial charge in [-0.2, -0.15) is 0 Å². The molecule has 3 N–H and O–H groups in total. The molecule has 7 rings (SSSR count). The molecule has 4 aromatic rings. The van der Waals surface area contributed by atoms with Crippen LogP contribution in [0.5, 0.6) is 0 Å². The molecule has 7 nitrogen and oxygen atoms in total. The maximum atomic E-state index is 6.25. The van der Waals surface area contributed by atoms with E-state index in [-0.39, 0.29) is 0 Å². The molecule has 1 aliphatic heterocycles. The first kappa shape index (κ1) is 20.2. The van der Waals surface area contributed by atoms with Gasteiger partial charge in [-0.25, -0.2) is 9.97 Å². The summed E-state index contributed by atoms with van der Waals surface area (Å²) in [7, 11) is 0. The SMILES string of the molecule is CCNc1cccc2c1Cc1nc(Sc3cnc4cccnc4c3)nc(N3CC4C(N)C4C3)c1-2. The number of anilines is 2. The average Bonchev–Trinajstić information content (AvgIpc) is 3.20. The fraction of sp³-hybridized carbons (Fsp3) is 0.308. The molecule has 0 radical (unpaired) electrons. The molecule has 3 aromatic heterocycles. The normalized spacial score (nSPS) is 21.9. The Morgan fingerprint density at radius 2 is 1.97 bits per heavy atom. The molecule has 0 amide bonds. The molecule has 2 fully saturated rings. The van der Waals surface area contributed by atoms with Crippen molar-refractivity contribution in [2.24, 2.45) is 17.6 Å². The van der Waals surface area contributed by atoms with Crippen molar-refractivity contribution < 1.29 is 0 Å². The lowest BCUT2D eigenvalue weighted by Crippen LogP contribution is -2.29. The summed E-state index contributed by atoms with van der Waals surface area (Å²) < 4.78 is 0. The maximum absolute atomic E-state index is 6.25. The van der Waals surface area contributed by atoms with Gasteiger partial charge in [0.05, 0.1) is 16.7 Å². The van der Waals surface area contributed by atoms with E-state index in [0.29, 0.717) is 17.9 Å². The van der Waals surface area contributed by atoms with Gasteiger partial charge in [-0.1, -0.05) is 12.1 Å². The smallest absolute Gasteiger partial charge is 0.194 e. The van der Waals surface area contributed by atoms with Crippen LogP contribution in [0, 0.1) is 11.8 Å². The second-order valence-electron chi connectivity index (χ2n) is 9.32. The highest BCUT2D eigenvalue weighted by atomic mass is 32.2. The van der Waals surface area contributed by atoms with Crippen molar-refractivity contribution in [3.8, 4) is 11.1 Å². The Bertz CT molecular complexity index is 1430. The fourth-order valence-electron chi connectivity index (χ4n) is 5.53. The summed E-state index contributed by atoms with van der Waals surface area (Å²) in [5.41, 5.74) is 14.1. The summed E-state index contributed by atoms with van der Waals surface area (Å²) in [6.07, 6.45) is 4.49. The molecule has 4 heterocycles. The standard InChI is InChI=1S/C26H25N7S/c1-2-28-19-6-3-5-15-16(19)10-22-23(15)25(33-12-17-18(13-33)24(17)27)32-26(31-22)34-14-9-21-20(30-11-14)7-4-8-29-21/h3-9,11,17-18,24,28H,2,10,12-13,27H2,1H3. The van der Waals surface area contributed by atoms with Gasteiger partial charge in [0.25, 0.3) is 0 Å². The molecule has 0 spiro atoms. The fourth-order valence-corrected chi connectivity index (χ4v) is 6.30. The number of pyridine rings is 2. The average molecular weight is 468 g/mol. The van der Waals surface area contributed by atoms with E-state index in [0.717, 1.165) is 58.7 Å². The zero-order valence-corrected chi connectivity index (χ0v) is 19.7. The lowest BCUT2D eigenvalue weighted by atomic mass is 10.0. The minimum absolute atomic E-state index is 0.351. The van der Waals surface area contributed by atoms with Crippen molar-refractivity contribution in [2.75, 3.05) is 29.9 Å². The maximum Gasteiger partial charge on any atom is 0.194 e. The van der Waals surface area contributed by atoms with E-state index in [9.17, 15) is 0 Å². The predicted molar refractivity (Wildman–Crippen MR) is 135 cm³/mol. The first-order chi connectivity index (χ1) is 16.7. The van der Waals surface area contributed by atoms with Gasteiger partial charge in [0, 0.05) is 60.6 Å². The molecule has 1 aromatic carbocycles. The van der Waals surface area contributed by atoms with Crippen molar-refractivity contribution in [1.29, 1.82) is 0 Å². The van der Waals surface area contributed by atoms with Gasteiger partial charge in [0.1, 0.15) is 5.82 Å². The highest BCUT2D eigenvalue weighted by molar-refractivity contribution is 7.99. The highest BCUT2D eigenvalue weighted by Crippen LogP contribution is 2.50. The van der Waals surface area contributed by atoms with Crippen LogP contribution in [-0.4, -0.2) is 45.6 Å². The number of rotatable bonds is 5. The minimum atomic E-state index is 0.351. The van der Waals surface area contributed by atoms with Crippen molar-refractivity contribution in [3.05, 3.63) is 60.0 Å². The first-order valence-corrected chi connectivity index (χ1v) is 12.7. The van der Waals surface area contributed by atoms with E-state index in [1.807, 2.05) is 18.3 Å².